The lowest BCUT2D eigenvalue weighted by molar-refractivity contribution is -0.123. The molecular weight excluding hydrogens is 454 g/mol. The van der Waals surface area contributed by atoms with E-state index in [1.165, 1.54) is 31.2 Å². The molecule has 1 atom stereocenters. The van der Waals surface area contributed by atoms with Gasteiger partial charge in [0.15, 0.2) is 6.10 Å². The number of carbonyl (C=O) groups is 3. The third kappa shape index (κ3) is 6.05. The first kappa shape index (κ1) is 23.2. The SMILES string of the molecule is Cc1nc(COc2ccc(Cl)cc2)sc1C(=O)O[C@@H](C)C(=O)Nc1ccc(C(N)=O)cc1. The molecular formula is C22H20ClN3O5S. The van der Waals surface area contributed by atoms with Crippen molar-refractivity contribution in [2.24, 2.45) is 5.73 Å². The van der Waals surface area contributed by atoms with Crippen molar-refractivity contribution in [1.82, 2.24) is 4.98 Å². The van der Waals surface area contributed by atoms with Crippen LogP contribution in [0.25, 0.3) is 0 Å². The zero-order chi connectivity index (χ0) is 23.3. The van der Waals surface area contributed by atoms with Gasteiger partial charge in [-0.25, -0.2) is 9.78 Å². The van der Waals surface area contributed by atoms with E-state index in [0.29, 0.717) is 37.6 Å². The van der Waals surface area contributed by atoms with Crippen molar-refractivity contribution >= 4 is 46.4 Å². The van der Waals surface area contributed by atoms with Crippen LogP contribution in [0.2, 0.25) is 5.02 Å². The molecule has 0 unspecified atom stereocenters. The number of halogens is 1. The highest BCUT2D eigenvalue weighted by Crippen LogP contribution is 2.23. The van der Waals surface area contributed by atoms with E-state index >= 15 is 0 Å². The molecule has 1 aromatic heterocycles. The van der Waals surface area contributed by atoms with Crippen LogP contribution in [0.15, 0.2) is 48.5 Å². The van der Waals surface area contributed by atoms with Crippen LogP contribution in [-0.4, -0.2) is 28.9 Å². The topological polar surface area (TPSA) is 121 Å². The number of nitrogens with two attached hydrogens (primary N) is 1. The largest absolute Gasteiger partial charge is 0.486 e. The van der Waals surface area contributed by atoms with Gasteiger partial charge in [0.2, 0.25) is 5.91 Å². The quantitative estimate of drug-likeness (QED) is 0.477. The van der Waals surface area contributed by atoms with Crippen molar-refractivity contribution in [3.05, 3.63) is 74.7 Å². The molecule has 0 radical (unpaired) electrons. The summed E-state index contributed by atoms with van der Waals surface area (Å²) in [6.07, 6.45) is -1.05. The molecule has 2 aromatic carbocycles. The van der Waals surface area contributed by atoms with Crippen molar-refractivity contribution in [1.29, 1.82) is 0 Å². The summed E-state index contributed by atoms with van der Waals surface area (Å²) in [5.41, 5.74) is 6.44. The molecule has 0 aliphatic carbocycles. The Balaban J connectivity index is 1.56. The lowest BCUT2D eigenvalue weighted by Gasteiger charge is -2.13. The third-order valence-electron chi connectivity index (χ3n) is 4.29. The summed E-state index contributed by atoms with van der Waals surface area (Å²) in [6, 6.07) is 12.9. The molecule has 10 heteroatoms. The molecule has 0 saturated heterocycles. The Hall–Kier alpha value is -3.43. The molecule has 0 bridgehead atoms. The van der Waals surface area contributed by atoms with Crippen LogP contribution in [0, 0.1) is 6.92 Å². The smallest absolute Gasteiger partial charge is 0.351 e. The van der Waals surface area contributed by atoms with Gasteiger partial charge in [-0.3, -0.25) is 9.59 Å². The summed E-state index contributed by atoms with van der Waals surface area (Å²) < 4.78 is 10.9. The summed E-state index contributed by atoms with van der Waals surface area (Å²) in [5, 5.41) is 3.82. The highest BCUT2D eigenvalue weighted by molar-refractivity contribution is 7.13. The van der Waals surface area contributed by atoms with Crippen LogP contribution < -0.4 is 15.8 Å². The Bertz CT molecular complexity index is 1130. The number of primary amides is 1. The van der Waals surface area contributed by atoms with Gasteiger partial charge in [-0.05, 0) is 62.4 Å². The second-order valence-electron chi connectivity index (χ2n) is 6.74. The average molecular weight is 474 g/mol. The van der Waals surface area contributed by atoms with Crippen LogP contribution in [-0.2, 0) is 16.1 Å². The number of nitrogens with zero attached hydrogens (tertiary/aromatic N) is 1. The van der Waals surface area contributed by atoms with Crippen molar-refractivity contribution in [3.63, 3.8) is 0 Å². The number of hydrogen-bond donors (Lipinski definition) is 2. The van der Waals surface area contributed by atoms with Crippen LogP contribution >= 0.6 is 22.9 Å². The van der Waals surface area contributed by atoms with Gasteiger partial charge in [0.05, 0.1) is 5.69 Å². The Labute approximate surface area is 193 Å². The summed E-state index contributed by atoms with van der Waals surface area (Å²) in [4.78, 5) is 40.6. The maximum atomic E-state index is 12.5. The van der Waals surface area contributed by atoms with E-state index < -0.39 is 23.9 Å². The number of hydrogen-bond acceptors (Lipinski definition) is 7. The van der Waals surface area contributed by atoms with Crippen LogP contribution in [0.3, 0.4) is 0 Å². The van der Waals surface area contributed by atoms with E-state index in [2.05, 4.69) is 10.3 Å². The fourth-order valence-corrected chi connectivity index (χ4v) is 3.60. The van der Waals surface area contributed by atoms with Gasteiger partial charge in [0.1, 0.15) is 22.2 Å². The molecule has 32 heavy (non-hydrogen) atoms. The summed E-state index contributed by atoms with van der Waals surface area (Å²) >= 11 is 6.99. The molecule has 0 aliphatic rings. The van der Waals surface area contributed by atoms with Crippen LogP contribution in [0.4, 0.5) is 5.69 Å². The van der Waals surface area contributed by atoms with Gasteiger partial charge in [0, 0.05) is 16.3 Å². The maximum absolute atomic E-state index is 12.5. The number of esters is 1. The Kier molecular flexibility index (Phi) is 7.45. The molecule has 8 nitrogen and oxygen atoms in total. The number of benzene rings is 2. The number of rotatable bonds is 8. The van der Waals surface area contributed by atoms with Gasteiger partial charge < -0.3 is 20.5 Å². The molecule has 0 saturated carbocycles. The fraction of sp³-hybridized carbons (Fsp3) is 0.182. The van der Waals surface area contributed by atoms with Crippen LogP contribution in [0.5, 0.6) is 5.75 Å². The number of aromatic nitrogens is 1. The molecule has 3 aromatic rings. The lowest BCUT2D eigenvalue weighted by atomic mass is 10.2. The number of thiazole rings is 1. The normalized spacial score (nSPS) is 11.5. The van der Waals surface area contributed by atoms with Crippen molar-refractivity contribution in [2.75, 3.05) is 5.32 Å². The number of ether oxygens (including phenoxy) is 2. The molecule has 166 valence electrons. The summed E-state index contributed by atoms with van der Waals surface area (Å²) in [7, 11) is 0. The molecule has 3 N–H and O–H groups in total. The van der Waals surface area contributed by atoms with Crippen LogP contribution in [0.1, 0.15) is 37.7 Å². The van der Waals surface area contributed by atoms with E-state index in [9.17, 15) is 14.4 Å². The van der Waals surface area contributed by atoms with E-state index in [4.69, 9.17) is 26.8 Å². The third-order valence-corrected chi connectivity index (χ3v) is 5.66. The minimum atomic E-state index is -1.05. The summed E-state index contributed by atoms with van der Waals surface area (Å²) in [5.74, 6) is -1.10. The molecule has 0 aliphatic heterocycles. The second kappa shape index (κ2) is 10.3. The first-order valence-corrected chi connectivity index (χ1v) is 10.7. The predicted molar refractivity (Wildman–Crippen MR) is 121 cm³/mol. The predicted octanol–water partition coefficient (Wildman–Crippen LogP) is 3.97. The van der Waals surface area contributed by atoms with Gasteiger partial charge in [0.25, 0.3) is 5.91 Å². The lowest BCUT2D eigenvalue weighted by Crippen LogP contribution is -2.30. The minimum Gasteiger partial charge on any atom is -0.486 e. The van der Waals surface area contributed by atoms with E-state index in [0.717, 1.165) is 11.3 Å². The summed E-state index contributed by atoms with van der Waals surface area (Å²) in [6.45, 7) is 3.33. The van der Waals surface area contributed by atoms with Gasteiger partial charge in [-0.2, -0.15) is 0 Å². The van der Waals surface area contributed by atoms with E-state index in [1.54, 1.807) is 31.2 Å². The molecule has 1 heterocycles. The standard InChI is InChI=1S/C22H20ClN3O5S/c1-12-19(32-18(25-12)11-30-17-9-5-15(23)6-10-17)22(29)31-13(2)21(28)26-16-7-3-14(4-8-16)20(24)27/h3-10,13H,11H2,1-2H3,(H2,24,27)(H,26,28)/t13-/m0/s1. The first-order chi connectivity index (χ1) is 15.2. The number of aryl methyl sites for hydroxylation is 1. The van der Waals surface area contributed by atoms with Gasteiger partial charge >= 0.3 is 5.97 Å². The highest BCUT2D eigenvalue weighted by Gasteiger charge is 2.23. The zero-order valence-electron chi connectivity index (χ0n) is 17.3. The Morgan fingerprint density at radius 2 is 1.78 bits per heavy atom. The Morgan fingerprint density at radius 1 is 1.12 bits per heavy atom. The molecule has 0 fully saturated rings. The van der Waals surface area contributed by atoms with E-state index in [-0.39, 0.29) is 6.61 Å². The minimum absolute atomic E-state index is 0.178. The maximum Gasteiger partial charge on any atom is 0.351 e. The van der Waals surface area contributed by atoms with Gasteiger partial charge in [-0.1, -0.05) is 11.6 Å². The van der Waals surface area contributed by atoms with Gasteiger partial charge in [-0.15, -0.1) is 11.3 Å². The number of nitrogens with one attached hydrogen (secondary N) is 1. The second-order valence-corrected chi connectivity index (χ2v) is 8.26. The zero-order valence-corrected chi connectivity index (χ0v) is 18.8. The van der Waals surface area contributed by atoms with Crippen molar-refractivity contribution in [2.45, 2.75) is 26.6 Å². The fourth-order valence-electron chi connectivity index (χ4n) is 2.61. The highest BCUT2D eigenvalue weighted by atomic mass is 35.5. The first-order valence-electron chi connectivity index (χ1n) is 9.49. The molecule has 0 spiro atoms. The van der Waals surface area contributed by atoms with Crippen molar-refractivity contribution < 1.29 is 23.9 Å². The number of anilines is 1. The monoisotopic (exact) mass is 473 g/mol. The average Bonchev–Trinajstić information content (AvgIpc) is 3.14. The van der Waals surface area contributed by atoms with E-state index in [1.807, 2.05) is 0 Å². The number of carbonyl (C=O) groups excluding carboxylic acids is 3. The van der Waals surface area contributed by atoms with Crippen molar-refractivity contribution in [3.8, 4) is 5.75 Å². The Morgan fingerprint density at radius 3 is 2.41 bits per heavy atom. The molecule has 3 rings (SSSR count). The molecule has 2 amide bonds. The number of amides is 2.